The molecule has 0 saturated heterocycles. The van der Waals surface area contributed by atoms with Gasteiger partial charge in [0.15, 0.2) is 0 Å². The number of nitrogens with one attached hydrogen (secondary N) is 2. The normalized spacial score (nSPS) is 11.8. The van der Waals surface area contributed by atoms with Crippen LogP contribution in [0.1, 0.15) is 12.8 Å². The maximum absolute atomic E-state index is 11.2. The van der Waals surface area contributed by atoms with E-state index in [0.29, 0.717) is 0 Å². The van der Waals surface area contributed by atoms with Crippen molar-refractivity contribution in [1.29, 1.82) is 0 Å². The Kier molecular flexibility index (Phi) is 6.64. The lowest BCUT2D eigenvalue weighted by atomic mass is 10.1. The number of esters is 1. The molecule has 8 heteroatoms. The van der Waals surface area contributed by atoms with E-state index in [9.17, 15) is 14.4 Å². The number of nitrogens with zero attached hydrogens (tertiary/aromatic N) is 1. The standard InChI is InChI=1S/C9H17N3O5/c1-12(2)11-9(16)10-6(8(14)15)4-5-7(13)17-3/h6H,4-5H2,1-3H3,(H,14,15)(H2,10,11,16)/t6-/m1/s1. The van der Waals surface area contributed by atoms with E-state index in [1.165, 1.54) is 12.1 Å². The molecule has 17 heavy (non-hydrogen) atoms. The van der Waals surface area contributed by atoms with Crippen LogP contribution < -0.4 is 10.7 Å². The molecular weight excluding hydrogens is 230 g/mol. The van der Waals surface area contributed by atoms with E-state index in [1.54, 1.807) is 14.1 Å². The first-order chi connectivity index (χ1) is 7.86. The molecule has 3 N–H and O–H groups in total. The second-order valence-electron chi connectivity index (χ2n) is 3.49. The van der Waals surface area contributed by atoms with Crippen molar-refractivity contribution in [3.8, 4) is 0 Å². The van der Waals surface area contributed by atoms with E-state index in [2.05, 4.69) is 15.5 Å². The number of hydrogen-bond donors (Lipinski definition) is 3. The topological polar surface area (TPSA) is 108 Å². The van der Waals surface area contributed by atoms with E-state index < -0.39 is 24.0 Å². The maximum atomic E-state index is 11.2. The number of carboxylic acid groups (broad SMARTS) is 1. The van der Waals surface area contributed by atoms with Gasteiger partial charge in [0.1, 0.15) is 6.04 Å². The van der Waals surface area contributed by atoms with Crippen molar-refractivity contribution in [2.75, 3.05) is 21.2 Å². The quantitative estimate of drug-likeness (QED) is 0.417. The van der Waals surface area contributed by atoms with Crippen molar-refractivity contribution in [3.63, 3.8) is 0 Å². The van der Waals surface area contributed by atoms with Gasteiger partial charge in [-0.1, -0.05) is 0 Å². The minimum Gasteiger partial charge on any atom is -0.480 e. The van der Waals surface area contributed by atoms with Gasteiger partial charge in [-0.2, -0.15) is 0 Å². The number of methoxy groups -OCH3 is 1. The Balaban J connectivity index is 4.20. The Morgan fingerprint density at radius 1 is 1.35 bits per heavy atom. The molecule has 8 nitrogen and oxygen atoms in total. The number of aliphatic carboxylic acids is 1. The van der Waals surface area contributed by atoms with Gasteiger partial charge < -0.3 is 15.2 Å². The monoisotopic (exact) mass is 247 g/mol. The predicted molar refractivity (Wildman–Crippen MR) is 58.0 cm³/mol. The van der Waals surface area contributed by atoms with Crippen LogP contribution in [0.15, 0.2) is 0 Å². The molecule has 98 valence electrons. The fourth-order valence-corrected chi connectivity index (χ4v) is 1.02. The van der Waals surface area contributed by atoms with Crippen molar-refractivity contribution < 1.29 is 24.2 Å². The van der Waals surface area contributed by atoms with Crippen LogP contribution in [-0.2, 0) is 14.3 Å². The first-order valence-electron chi connectivity index (χ1n) is 4.91. The van der Waals surface area contributed by atoms with Gasteiger partial charge in [-0.05, 0) is 6.42 Å². The number of ether oxygens (including phenoxy) is 1. The van der Waals surface area contributed by atoms with E-state index in [0.717, 1.165) is 0 Å². The van der Waals surface area contributed by atoms with E-state index >= 15 is 0 Å². The summed E-state index contributed by atoms with van der Waals surface area (Å²) >= 11 is 0. The zero-order chi connectivity index (χ0) is 13.4. The van der Waals surface area contributed by atoms with Gasteiger partial charge in [-0.15, -0.1) is 0 Å². The molecule has 0 unspecified atom stereocenters. The highest BCUT2D eigenvalue weighted by molar-refractivity contribution is 5.82. The molecule has 0 heterocycles. The Labute approximate surface area is 98.9 Å². The van der Waals surface area contributed by atoms with Crippen LogP contribution in [0.4, 0.5) is 4.79 Å². The van der Waals surface area contributed by atoms with Crippen molar-refractivity contribution in [1.82, 2.24) is 15.8 Å². The molecule has 0 aromatic rings. The minimum absolute atomic E-state index is 0.0249. The van der Waals surface area contributed by atoms with Crippen LogP contribution in [0.2, 0.25) is 0 Å². The SMILES string of the molecule is COC(=O)CC[C@@H](NC(=O)NN(C)C)C(=O)O. The summed E-state index contributed by atoms with van der Waals surface area (Å²) in [4.78, 5) is 32.9. The summed E-state index contributed by atoms with van der Waals surface area (Å²) in [7, 11) is 4.39. The zero-order valence-corrected chi connectivity index (χ0v) is 10.0. The molecule has 0 aromatic heterocycles. The highest BCUT2D eigenvalue weighted by atomic mass is 16.5. The Morgan fingerprint density at radius 3 is 2.35 bits per heavy atom. The number of urea groups is 1. The molecule has 0 bridgehead atoms. The van der Waals surface area contributed by atoms with E-state index in [1.807, 2.05) is 0 Å². The molecule has 0 aromatic carbocycles. The third-order valence-electron chi connectivity index (χ3n) is 1.79. The number of carbonyl (C=O) groups is 3. The average molecular weight is 247 g/mol. The number of hydrazine groups is 1. The van der Waals surface area contributed by atoms with Crippen molar-refractivity contribution in [2.45, 2.75) is 18.9 Å². The summed E-state index contributed by atoms with van der Waals surface area (Å²) in [6.45, 7) is 0. The molecule has 0 radical (unpaired) electrons. The fraction of sp³-hybridized carbons (Fsp3) is 0.667. The number of amides is 2. The van der Waals surface area contributed by atoms with Crippen LogP contribution >= 0.6 is 0 Å². The Hall–Kier alpha value is -1.83. The Morgan fingerprint density at radius 2 is 1.94 bits per heavy atom. The number of hydrogen-bond acceptors (Lipinski definition) is 5. The second-order valence-corrected chi connectivity index (χ2v) is 3.49. The first-order valence-corrected chi connectivity index (χ1v) is 4.91. The van der Waals surface area contributed by atoms with Gasteiger partial charge >= 0.3 is 18.0 Å². The van der Waals surface area contributed by atoms with Crippen LogP contribution in [-0.4, -0.2) is 55.3 Å². The van der Waals surface area contributed by atoms with Gasteiger partial charge in [-0.25, -0.2) is 14.6 Å². The number of rotatable bonds is 6. The highest BCUT2D eigenvalue weighted by Gasteiger charge is 2.21. The lowest BCUT2D eigenvalue weighted by molar-refractivity contribution is -0.142. The summed E-state index contributed by atoms with van der Waals surface area (Å²) in [6, 6.07) is -1.78. The first kappa shape index (κ1) is 15.2. The summed E-state index contributed by atoms with van der Waals surface area (Å²) in [5.41, 5.74) is 2.33. The number of carbonyl (C=O) groups excluding carboxylic acids is 2. The van der Waals surface area contributed by atoms with E-state index in [-0.39, 0.29) is 12.8 Å². The summed E-state index contributed by atoms with van der Waals surface area (Å²) in [5.74, 6) is -1.73. The van der Waals surface area contributed by atoms with Crippen LogP contribution in [0, 0.1) is 0 Å². The summed E-state index contributed by atoms with van der Waals surface area (Å²) in [5, 5.41) is 12.4. The molecule has 1 atom stereocenters. The van der Waals surface area contributed by atoms with Crippen LogP contribution in [0.25, 0.3) is 0 Å². The summed E-state index contributed by atoms with van der Waals surface area (Å²) < 4.78 is 4.38. The fourth-order valence-electron chi connectivity index (χ4n) is 1.02. The molecular formula is C9H17N3O5. The third kappa shape index (κ3) is 7.12. The smallest absolute Gasteiger partial charge is 0.330 e. The molecule has 0 fully saturated rings. The van der Waals surface area contributed by atoms with Crippen LogP contribution in [0.5, 0.6) is 0 Å². The maximum Gasteiger partial charge on any atom is 0.330 e. The van der Waals surface area contributed by atoms with Crippen LogP contribution in [0.3, 0.4) is 0 Å². The molecule has 0 aliphatic rings. The average Bonchev–Trinajstić information content (AvgIpc) is 2.22. The molecule has 0 saturated carbocycles. The Bertz CT molecular complexity index is 292. The van der Waals surface area contributed by atoms with Gasteiger partial charge in [0.25, 0.3) is 0 Å². The zero-order valence-electron chi connectivity index (χ0n) is 10.0. The molecule has 0 aliphatic carbocycles. The van der Waals surface area contributed by atoms with Gasteiger partial charge in [0.2, 0.25) is 0 Å². The van der Waals surface area contributed by atoms with E-state index in [4.69, 9.17) is 5.11 Å². The lowest BCUT2D eigenvalue weighted by Crippen LogP contribution is -2.49. The molecule has 0 aliphatic heterocycles. The van der Waals surface area contributed by atoms with Crippen molar-refractivity contribution in [2.24, 2.45) is 0 Å². The highest BCUT2D eigenvalue weighted by Crippen LogP contribution is 1.99. The van der Waals surface area contributed by atoms with Crippen molar-refractivity contribution in [3.05, 3.63) is 0 Å². The lowest BCUT2D eigenvalue weighted by Gasteiger charge is -2.17. The predicted octanol–water partition coefficient (Wildman–Crippen LogP) is -0.831. The van der Waals surface area contributed by atoms with Gasteiger partial charge in [0, 0.05) is 20.5 Å². The third-order valence-corrected chi connectivity index (χ3v) is 1.79. The minimum atomic E-state index is -1.21. The summed E-state index contributed by atoms with van der Waals surface area (Å²) in [6.07, 6.45) is -0.0986. The largest absolute Gasteiger partial charge is 0.480 e. The molecule has 0 spiro atoms. The second kappa shape index (κ2) is 7.44. The van der Waals surface area contributed by atoms with Gasteiger partial charge in [-0.3, -0.25) is 10.2 Å². The molecule has 2 amide bonds. The number of carboxylic acids is 1. The molecule has 0 rings (SSSR count). The van der Waals surface area contributed by atoms with Gasteiger partial charge in [0.05, 0.1) is 7.11 Å². The van der Waals surface area contributed by atoms with Crippen molar-refractivity contribution >= 4 is 18.0 Å².